The van der Waals surface area contributed by atoms with Crippen molar-refractivity contribution in [1.82, 2.24) is 0 Å². The van der Waals surface area contributed by atoms with Gasteiger partial charge in [0.05, 0.1) is 0 Å². The summed E-state index contributed by atoms with van der Waals surface area (Å²) in [5.74, 6) is 0. The molecule has 0 heteroatoms. The van der Waals surface area contributed by atoms with Gasteiger partial charge in [0, 0.05) is 0 Å². The van der Waals surface area contributed by atoms with Crippen molar-refractivity contribution in [3.8, 4) is 0 Å². The van der Waals surface area contributed by atoms with E-state index in [1.165, 1.54) is 19.3 Å². The molecule has 0 radical (unpaired) electrons. The quantitative estimate of drug-likeness (QED) is 0.525. The fourth-order valence-corrected chi connectivity index (χ4v) is 1.13. The Kier molecular flexibility index (Phi) is 4.46. The van der Waals surface area contributed by atoms with Gasteiger partial charge in [-0.05, 0) is 30.1 Å². The van der Waals surface area contributed by atoms with Crippen molar-refractivity contribution >= 4 is 0 Å². The second kappa shape index (κ2) is 4.64. The van der Waals surface area contributed by atoms with Crippen LogP contribution in [-0.2, 0) is 0 Å². The van der Waals surface area contributed by atoms with E-state index in [9.17, 15) is 0 Å². The maximum Gasteiger partial charge on any atom is -0.0152 e. The molecule has 1 unspecified atom stereocenters. The Morgan fingerprint density at radius 3 is 1.85 bits per heavy atom. The molecule has 0 amide bonds. The van der Waals surface area contributed by atoms with Gasteiger partial charge in [0.2, 0.25) is 0 Å². The van der Waals surface area contributed by atoms with E-state index in [-0.39, 0.29) is 5.41 Å². The predicted octanol–water partition coefficient (Wildman–Crippen LogP) is 4.58. The summed E-state index contributed by atoms with van der Waals surface area (Å²) < 4.78 is 0. The third-order valence-electron chi connectivity index (χ3n) is 3.19. The first-order valence-electron chi connectivity index (χ1n) is 5.16. The molecule has 0 aliphatic rings. The van der Waals surface area contributed by atoms with E-state index in [2.05, 4.69) is 46.9 Å². The zero-order valence-electron chi connectivity index (χ0n) is 9.69. The van der Waals surface area contributed by atoms with E-state index in [1.54, 1.807) is 0 Å². The lowest BCUT2D eigenvalue weighted by atomic mass is 9.77. The van der Waals surface area contributed by atoms with E-state index in [4.69, 9.17) is 0 Å². The summed E-state index contributed by atoms with van der Waals surface area (Å²) in [7, 11) is 0. The van der Waals surface area contributed by atoms with Crippen LogP contribution in [0.2, 0.25) is 0 Å². The summed E-state index contributed by atoms with van der Waals surface area (Å²) in [5, 5.41) is 0. The van der Waals surface area contributed by atoms with Gasteiger partial charge in [-0.1, -0.05) is 39.8 Å². The molecule has 0 bridgehead atoms. The summed E-state index contributed by atoms with van der Waals surface area (Å²) in [6, 6.07) is 0. The maximum absolute atomic E-state index is 3.90. The average Bonchev–Trinajstić information content (AvgIpc) is 2.14. The minimum absolute atomic E-state index is 0.263. The fourth-order valence-electron chi connectivity index (χ4n) is 1.13. The molecule has 0 saturated carbocycles. The molecule has 0 aromatic carbocycles. The second-order valence-electron chi connectivity index (χ2n) is 4.90. The van der Waals surface area contributed by atoms with Crippen LogP contribution >= 0.6 is 0 Å². The number of rotatable bonds is 6. The summed E-state index contributed by atoms with van der Waals surface area (Å²) in [5.41, 5.74) is 0.569. The predicted molar refractivity (Wildman–Crippen MR) is 61.8 cm³/mol. The van der Waals surface area contributed by atoms with Gasteiger partial charge < -0.3 is 0 Å². The molecule has 13 heavy (non-hydrogen) atoms. The Labute approximate surface area is 83.7 Å². The molecular formula is C13H24. The van der Waals surface area contributed by atoms with Gasteiger partial charge in [0.15, 0.2) is 0 Å². The van der Waals surface area contributed by atoms with Crippen LogP contribution in [0.15, 0.2) is 25.3 Å². The van der Waals surface area contributed by atoms with Crippen LogP contribution in [0.4, 0.5) is 0 Å². The van der Waals surface area contributed by atoms with Crippen LogP contribution < -0.4 is 0 Å². The van der Waals surface area contributed by atoms with Crippen molar-refractivity contribution in [1.29, 1.82) is 0 Å². The highest BCUT2D eigenvalue weighted by atomic mass is 14.3. The first-order valence-corrected chi connectivity index (χ1v) is 5.16. The van der Waals surface area contributed by atoms with E-state index in [0.29, 0.717) is 5.41 Å². The van der Waals surface area contributed by atoms with E-state index >= 15 is 0 Å². The first-order chi connectivity index (χ1) is 5.89. The molecule has 0 rings (SSSR count). The van der Waals surface area contributed by atoms with Crippen LogP contribution in [-0.4, -0.2) is 0 Å². The van der Waals surface area contributed by atoms with Gasteiger partial charge in [-0.15, -0.1) is 13.2 Å². The van der Waals surface area contributed by atoms with Crippen molar-refractivity contribution in [3.63, 3.8) is 0 Å². The molecule has 0 spiro atoms. The minimum Gasteiger partial charge on any atom is -0.103 e. The van der Waals surface area contributed by atoms with Crippen molar-refractivity contribution in [2.75, 3.05) is 0 Å². The monoisotopic (exact) mass is 180 g/mol. The Balaban J connectivity index is 4.14. The van der Waals surface area contributed by atoms with Gasteiger partial charge >= 0.3 is 0 Å². The average molecular weight is 180 g/mol. The highest BCUT2D eigenvalue weighted by Gasteiger charge is 2.21. The van der Waals surface area contributed by atoms with Gasteiger partial charge in [-0.2, -0.15) is 0 Å². The summed E-state index contributed by atoms with van der Waals surface area (Å²) in [6.07, 6.45) is 7.70. The van der Waals surface area contributed by atoms with E-state index in [1.807, 2.05) is 6.08 Å². The molecule has 0 aromatic heterocycles. The SMILES string of the molecule is C=CC(C)(C)CCC(C)(C=C)CC. The Morgan fingerprint density at radius 1 is 1.00 bits per heavy atom. The van der Waals surface area contributed by atoms with Crippen molar-refractivity contribution in [2.45, 2.75) is 47.0 Å². The number of hydrogen-bond acceptors (Lipinski definition) is 0. The lowest BCUT2D eigenvalue weighted by molar-refractivity contribution is 0.302. The highest BCUT2D eigenvalue weighted by molar-refractivity contribution is 4.94. The van der Waals surface area contributed by atoms with Crippen LogP contribution in [0, 0.1) is 10.8 Å². The van der Waals surface area contributed by atoms with Gasteiger partial charge in [-0.3, -0.25) is 0 Å². The van der Waals surface area contributed by atoms with Gasteiger partial charge in [0.1, 0.15) is 0 Å². The largest absolute Gasteiger partial charge is 0.103 e. The summed E-state index contributed by atoms with van der Waals surface area (Å²) >= 11 is 0. The Hall–Kier alpha value is -0.520. The van der Waals surface area contributed by atoms with Gasteiger partial charge in [0.25, 0.3) is 0 Å². The molecule has 76 valence electrons. The van der Waals surface area contributed by atoms with Crippen molar-refractivity contribution < 1.29 is 0 Å². The lowest BCUT2D eigenvalue weighted by Crippen LogP contribution is -2.16. The molecule has 1 atom stereocenters. The summed E-state index contributed by atoms with van der Waals surface area (Å²) in [4.78, 5) is 0. The van der Waals surface area contributed by atoms with Crippen LogP contribution in [0.1, 0.15) is 47.0 Å². The first kappa shape index (κ1) is 12.5. The number of hydrogen-bond donors (Lipinski definition) is 0. The molecule has 0 fully saturated rings. The topological polar surface area (TPSA) is 0 Å². The van der Waals surface area contributed by atoms with Crippen LogP contribution in [0.5, 0.6) is 0 Å². The summed E-state index contributed by atoms with van der Waals surface area (Å²) in [6.45, 7) is 16.7. The normalized spacial score (nSPS) is 16.3. The maximum atomic E-state index is 3.90. The van der Waals surface area contributed by atoms with Crippen molar-refractivity contribution in [3.05, 3.63) is 25.3 Å². The molecule has 0 heterocycles. The standard InChI is InChI=1S/C13H24/c1-7-12(4,5)10-11-13(6,8-2)9-3/h7-8H,1-2,9-11H2,3-6H3. The molecule has 0 aromatic rings. The molecule has 0 aliphatic carbocycles. The molecule has 0 N–H and O–H groups in total. The minimum atomic E-state index is 0.263. The van der Waals surface area contributed by atoms with E-state index < -0.39 is 0 Å². The highest BCUT2D eigenvalue weighted by Crippen LogP contribution is 2.34. The Morgan fingerprint density at radius 2 is 1.54 bits per heavy atom. The Bertz CT molecular complexity index is 176. The number of allylic oxidation sites excluding steroid dienone is 2. The molecule has 0 aliphatic heterocycles. The lowest BCUT2D eigenvalue weighted by Gasteiger charge is -2.29. The smallest absolute Gasteiger partial charge is 0.0152 e. The van der Waals surface area contributed by atoms with Crippen LogP contribution in [0.3, 0.4) is 0 Å². The second-order valence-corrected chi connectivity index (χ2v) is 4.90. The van der Waals surface area contributed by atoms with Crippen molar-refractivity contribution in [2.24, 2.45) is 10.8 Å². The van der Waals surface area contributed by atoms with Gasteiger partial charge in [-0.25, -0.2) is 0 Å². The fraction of sp³-hybridized carbons (Fsp3) is 0.692. The zero-order valence-corrected chi connectivity index (χ0v) is 9.69. The third kappa shape index (κ3) is 4.31. The third-order valence-corrected chi connectivity index (χ3v) is 3.19. The molecular weight excluding hydrogens is 156 g/mol. The van der Waals surface area contributed by atoms with E-state index in [0.717, 1.165) is 0 Å². The molecule has 0 nitrogen and oxygen atoms in total. The zero-order chi connectivity index (χ0) is 10.5. The van der Waals surface area contributed by atoms with Crippen LogP contribution in [0.25, 0.3) is 0 Å². The molecule has 0 saturated heterocycles.